The van der Waals surface area contributed by atoms with Crippen LogP contribution in [-0.2, 0) is 25.6 Å². The summed E-state index contributed by atoms with van der Waals surface area (Å²) in [5, 5.41) is 0. The summed E-state index contributed by atoms with van der Waals surface area (Å²) in [5.74, 6) is -0.401. The maximum atomic E-state index is 12.7. The molecule has 1 rings (SSSR count). The molecule has 49 heavy (non-hydrogen) atoms. The van der Waals surface area contributed by atoms with Gasteiger partial charge in [-0.25, -0.2) is 4.57 Å². The second kappa shape index (κ2) is 35.4. The van der Waals surface area contributed by atoms with Crippen molar-refractivity contribution in [1.29, 1.82) is 0 Å². The molecular weight excluding hydrogens is 606 g/mol. The molecule has 0 saturated heterocycles. The maximum Gasteiger partial charge on any atom is 0.306 e. The van der Waals surface area contributed by atoms with E-state index < -0.39 is 6.10 Å². The molecule has 1 heterocycles. The quantitative estimate of drug-likeness (QED) is 0.0309. The van der Waals surface area contributed by atoms with Gasteiger partial charge in [0.15, 0.2) is 25.0 Å². The highest BCUT2D eigenvalue weighted by Crippen LogP contribution is 2.13. The first-order valence-electron chi connectivity index (χ1n) is 20.7. The minimum atomic E-state index is -0.485. The monoisotopic (exact) mass is 683 g/mol. The molecule has 1 atom stereocenters. The molecule has 0 aliphatic heterocycles. The molecule has 0 spiro atoms. The Balaban J connectivity index is 2.14. The van der Waals surface area contributed by atoms with Crippen LogP contribution in [0.3, 0.4) is 0 Å². The lowest BCUT2D eigenvalue weighted by molar-refractivity contribution is -0.703. The van der Waals surface area contributed by atoms with Gasteiger partial charge in [-0.15, -0.1) is 0 Å². The van der Waals surface area contributed by atoms with Crippen LogP contribution in [0, 0.1) is 0 Å². The van der Waals surface area contributed by atoms with Gasteiger partial charge in [-0.1, -0.05) is 147 Å². The van der Waals surface area contributed by atoms with E-state index in [0.717, 1.165) is 51.4 Å². The molecule has 0 radical (unpaired) electrons. The zero-order valence-electron chi connectivity index (χ0n) is 32.1. The Morgan fingerprint density at radius 2 is 0.898 bits per heavy atom. The molecule has 0 aliphatic rings. The summed E-state index contributed by atoms with van der Waals surface area (Å²) >= 11 is 0. The fourth-order valence-electron chi connectivity index (χ4n) is 6.10. The van der Waals surface area contributed by atoms with Gasteiger partial charge in [0.05, 0.1) is 0 Å². The minimum Gasteiger partial charge on any atom is -0.461 e. The van der Waals surface area contributed by atoms with Crippen molar-refractivity contribution in [3.05, 3.63) is 54.9 Å². The predicted molar refractivity (Wildman–Crippen MR) is 206 cm³/mol. The topological polar surface area (TPSA) is 56.5 Å². The van der Waals surface area contributed by atoms with E-state index in [1.807, 2.05) is 35.2 Å². The summed E-state index contributed by atoms with van der Waals surface area (Å²) < 4.78 is 13.4. The predicted octanol–water partition coefficient (Wildman–Crippen LogP) is 12.5. The van der Waals surface area contributed by atoms with E-state index in [9.17, 15) is 9.59 Å². The molecular formula is C44H76NO4+. The Hall–Kier alpha value is -2.43. The number of rotatable bonds is 35. The van der Waals surface area contributed by atoms with Gasteiger partial charge in [-0.05, 0) is 64.2 Å². The molecule has 5 heteroatoms. The standard InChI is InChI=1S/C44H76NO4/c1-3-5-7-9-11-13-15-17-19-21-23-25-27-29-32-36-43(46)48-41-42(40-45-38-34-31-35-39-45)49-44(47)37-33-30-28-26-24-22-20-18-16-14-12-10-8-6-4-2/h17-20,31,34-35,38-39,42H,3-16,21-30,32-33,36-37,40-41H2,1-2H3/q+1/b19-17-,20-18-. The van der Waals surface area contributed by atoms with Crippen molar-refractivity contribution in [3.8, 4) is 0 Å². The maximum absolute atomic E-state index is 12.7. The molecule has 1 aromatic heterocycles. The Morgan fingerprint density at radius 3 is 1.35 bits per heavy atom. The van der Waals surface area contributed by atoms with E-state index >= 15 is 0 Å². The second-order valence-electron chi connectivity index (χ2n) is 14.0. The number of nitrogens with zero attached hydrogens (tertiary/aromatic N) is 1. The van der Waals surface area contributed by atoms with Gasteiger partial charge in [0.2, 0.25) is 0 Å². The van der Waals surface area contributed by atoms with Crippen molar-refractivity contribution in [2.75, 3.05) is 6.61 Å². The summed E-state index contributed by atoms with van der Waals surface area (Å²) in [4.78, 5) is 25.1. The molecule has 0 aliphatic carbocycles. The van der Waals surface area contributed by atoms with Gasteiger partial charge >= 0.3 is 11.9 Å². The van der Waals surface area contributed by atoms with Crippen LogP contribution >= 0.6 is 0 Å². The molecule has 1 aromatic rings. The van der Waals surface area contributed by atoms with Crippen LogP contribution in [0.5, 0.6) is 0 Å². The van der Waals surface area contributed by atoms with Crippen LogP contribution < -0.4 is 4.57 Å². The third-order valence-corrected chi connectivity index (χ3v) is 9.21. The molecule has 280 valence electrons. The zero-order valence-corrected chi connectivity index (χ0v) is 32.1. The molecule has 0 amide bonds. The third kappa shape index (κ3) is 31.3. The SMILES string of the molecule is CCCCCCCC/C=C\CCCCCCCC(=O)OCC(C[n+]1ccccc1)OC(=O)CCCCCCC/C=C\CCCCCCCC. The van der Waals surface area contributed by atoms with Crippen molar-refractivity contribution in [2.45, 2.75) is 206 Å². The average Bonchev–Trinajstić information content (AvgIpc) is 3.11. The van der Waals surface area contributed by atoms with Crippen LogP contribution in [0.25, 0.3) is 0 Å². The van der Waals surface area contributed by atoms with Gasteiger partial charge < -0.3 is 9.47 Å². The highest BCUT2D eigenvalue weighted by Gasteiger charge is 2.21. The Kier molecular flexibility index (Phi) is 32.2. The first-order valence-corrected chi connectivity index (χ1v) is 20.7. The summed E-state index contributed by atoms with van der Waals surface area (Å²) in [5.41, 5.74) is 0. The summed E-state index contributed by atoms with van der Waals surface area (Å²) in [6.07, 6.45) is 45.6. The second-order valence-corrected chi connectivity index (χ2v) is 14.0. The first-order chi connectivity index (χ1) is 24.2. The normalized spacial score (nSPS) is 12.2. The summed E-state index contributed by atoms with van der Waals surface area (Å²) in [7, 11) is 0. The van der Waals surface area contributed by atoms with Crippen molar-refractivity contribution in [2.24, 2.45) is 0 Å². The highest BCUT2D eigenvalue weighted by molar-refractivity contribution is 5.70. The van der Waals surface area contributed by atoms with E-state index in [0.29, 0.717) is 19.4 Å². The lowest BCUT2D eigenvalue weighted by Crippen LogP contribution is -2.43. The third-order valence-electron chi connectivity index (χ3n) is 9.21. The number of carbonyl (C=O) groups is 2. The van der Waals surface area contributed by atoms with Crippen molar-refractivity contribution in [1.82, 2.24) is 0 Å². The van der Waals surface area contributed by atoms with E-state index in [4.69, 9.17) is 9.47 Å². The van der Waals surface area contributed by atoms with E-state index in [-0.39, 0.29) is 18.5 Å². The van der Waals surface area contributed by atoms with Crippen LogP contribution in [-0.4, -0.2) is 24.6 Å². The fourth-order valence-corrected chi connectivity index (χ4v) is 6.10. The van der Waals surface area contributed by atoms with Gasteiger partial charge in [-0.2, -0.15) is 0 Å². The van der Waals surface area contributed by atoms with Gasteiger partial charge in [-0.3, -0.25) is 9.59 Å². The summed E-state index contributed by atoms with van der Waals surface area (Å²) in [6.45, 7) is 5.11. The summed E-state index contributed by atoms with van der Waals surface area (Å²) in [6, 6.07) is 5.85. The lowest BCUT2D eigenvalue weighted by atomic mass is 10.1. The van der Waals surface area contributed by atoms with Crippen molar-refractivity contribution < 1.29 is 23.6 Å². The number of hydrogen-bond donors (Lipinski definition) is 0. The van der Waals surface area contributed by atoms with Crippen LogP contribution in [0.15, 0.2) is 54.9 Å². The number of aromatic nitrogens is 1. The smallest absolute Gasteiger partial charge is 0.306 e. The Labute approximate surface area is 302 Å². The molecule has 0 N–H and O–H groups in total. The number of carbonyl (C=O) groups excluding carboxylic acids is 2. The highest BCUT2D eigenvalue weighted by atomic mass is 16.6. The Morgan fingerprint density at radius 1 is 0.510 bits per heavy atom. The van der Waals surface area contributed by atoms with Gasteiger partial charge in [0, 0.05) is 25.0 Å². The van der Waals surface area contributed by atoms with E-state index in [1.165, 1.54) is 116 Å². The van der Waals surface area contributed by atoms with Crippen LogP contribution in [0.1, 0.15) is 194 Å². The van der Waals surface area contributed by atoms with Crippen LogP contribution in [0.2, 0.25) is 0 Å². The molecule has 0 fully saturated rings. The average molecular weight is 683 g/mol. The van der Waals surface area contributed by atoms with Crippen molar-refractivity contribution >= 4 is 11.9 Å². The van der Waals surface area contributed by atoms with E-state index in [1.54, 1.807) is 0 Å². The minimum absolute atomic E-state index is 0.101. The molecule has 0 aromatic carbocycles. The number of ether oxygens (including phenoxy) is 2. The van der Waals surface area contributed by atoms with Crippen LogP contribution in [0.4, 0.5) is 0 Å². The zero-order chi connectivity index (χ0) is 35.3. The number of hydrogen-bond acceptors (Lipinski definition) is 4. The number of pyridine rings is 1. The molecule has 0 saturated carbocycles. The number of esters is 2. The molecule has 1 unspecified atom stereocenters. The van der Waals surface area contributed by atoms with E-state index in [2.05, 4.69) is 38.2 Å². The first kappa shape index (κ1) is 44.6. The van der Waals surface area contributed by atoms with Gasteiger partial charge in [0.25, 0.3) is 0 Å². The molecule has 5 nitrogen and oxygen atoms in total. The number of unbranched alkanes of at least 4 members (excludes halogenated alkanes) is 22. The number of allylic oxidation sites excluding steroid dienone is 4. The van der Waals surface area contributed by atoms with Crippen molar-refractivity contribution in [3.63, 3.8) is 0 Å². The fraction of sp³-hybridized carbons (Fsp3) is 0.750. The molecule has 0 bridgehead atoms. The lowest BCUT2D eigenvalue weighted by Gasteiger charge is -2.16. The van der Waals surface area contributed by atoms with Gasteiger partial charge in [0.1, 0.15) is 6.61 Å². The Bertz CT molecular complexity index is 928. The largest absolute Gasteiger partial charge is 0.461 e.